The van der Waals surface area contributed by atoms with Crippen molar-refractivity contribution in [3.05, 3.63) is 36.0 Å². The average molecular weight is 190 g/mol. The van der Waals surface area contributed by atoms with Crippen molar-refractivity contribution in [1.29, 1.82) is 0 Å². The lowest BCUT2D eigenvalue weighted by atomic mass is 10.2. The van der Waals surface area contributed by atoms with Crippen LogP contribution in [0.15, 0.2) is 35.6 Å². The Morgan fingerprint density at radius 1 is 1.43 bits per heavy atom. The van der Waals surface area contributed by atoms with E-state index < -0.39 is 0 Å². The largest absolute Gasteiger partial charge is 0.417 e. The Morgan fingerprint density at radius 2 is 2.21 bits per heavy atom. The fourth-order valence-corrected chi connectivity index (χ4v) is 1.49. The van der Waals surface area contributed by atoms with Crippen LogP contribution in [0.5, 0.6) is 0 Å². The molecule has 4 nitrogen and oxygen atoms in total. The third kappa shape index (κ3) is 1.21. The van der Waals surface area contributed by atoms with Crippen molar-refractivity contribution in [3.8, 4) is 0 Å². The molecule has 0 atom stereocenters. The molecule has 0 aliphatic rings. The number of para-hydroxylation sites is 1. The molecule has 0 bridgehead atoms. The van der Waals surface area contributed by atoms with Crippen molar-refractivity contribution in [2.24, 2.45) is 5.16 Å². The van der Waals surface area contributed by atoms with Gasteiger partial charge in [0.25, 0.3) is 0 Å². The summed E-state index contributed by atoms with van der Waals surface area (Å²) < 4.78 is 1.63. The molecule has 14 heavy (non-hydrogen) atoms. The lowest BCUT2D eigenvalue weighted by Crippen LogP contribution is -2.02. The summed E-state index contributed by atoms with van der Waals surface area (Å²) in [5, 5.41) is 12.5. The van der Waals surface area contributed by atoms with E-state index in [0.29, 0.717) is 0 Å². The first-order valence-corrected chi connectivity index (χ1v) is 4.19. The Kier molecular flexibility index (Phi) is 2.10. The van der Waals surface area contributed by atoms with Gasteiger partial charge in [0.1, 0.15) is 7.11 Å². The van der Waals surface area contributed by atoms with Crippen LogP contribution in [0.2, 0.25) is 0 Å². The Bertz CT molecular complexity index is 474. The van der Waals surface area contributed by atoms with E-state index in [1.807, 2.05) is 24.3 Å². The van der Waals surface area contributed by atoms with Crippen molar-refractivity contribution in [2.45, 2.75) is 0 Å². The molecule has 1 heterocycles. The van der Waals surface area contributed by atoms with Gasteiger partial charge in [0.05, 0.1) is 17.9 Å². The lowest BCUT2D eigenvalue weighted by molar-refractivity contribution is 0.179. The third-order valence-electron chi connectivity index (χ3n) is 2.10. The van der Waals surface area contributed by atoms with Gasteiger partial charge in [-0.3, -0.25) is 0 Å². The maximum absolute atomic E-state index is 8.48. The topological polar surface area (TPSA) is 46.8 Å². The normalized spacial score (nSPS) is 11.2. The molecular weight excluding hydrogens is 180 g/mol. The maximum Gasteiger partial charge on any atom is 0.104 e. The first-order valence-electron chi connectivity index (χ1n) is 4.19. The summed E-state index contributed by atoms with van der Waals surface area (Å²) in [4.78, 5) is 5.13. The minimum atomic E-state index is 0.824. The van der Waals surface area contributed by atoms with Crippen LogP contribution in [0.25, 0.3) is 10.9 Å². The van der Waals surface area contributed by atoms with Crippen molar-refractivity contribution in [2.75, 3.05) is 7.11 Å². The van der Waals surface area contributed by atoms with E-state index in [0.717, 1.165) is 16.5 Å². The zero-order chi connectivity index (χ0) is 9.97. The molecule has 1 aromatic heterocycles. The Hall–Kier alpha value is -1.97. The quantitative estimate of drug-likeness (QED) is 0.443. The van der Waals surface area contributed by atoms with E-state index in [-0.39, 0.29) is 0 Å². The molecule has 0 amide bonds. The van der Waals surface area contributed by atoms with Gasteiger partial charge in [-0.15, -0.1) is 0 Å². The van der Waals surface area contributed by atoms with E-state index in [2.05, 4.69) is 5.16 Å². The fourth-order valence-electron chi connectivity index (χ4n) is 1.49. The van der Waals surface area contributed by atoms with E-state index in [1.165, 1.54) is 6.21 Å². The molecule has 0 fully saturated rings. The van der Waals surface area contributed by atoms with Gasteiger partial charge in [0, 0.05) is 10.9 Å². The van der Waals surface area contributed by atoms with Crippen molar-refractivity contribution in [3.63, 3.8) is 0 Å². The van der Waals surface area contributed by atoms with Crippen molar-refractivity contribution in [1.82, 2.24) is 4.73 Å². The Labute approximate surface area is 81.0 Å². The van der Waals surface area contributed by atoms with Crippen LogP contribution in [0.4, 0.5) is 0 Å². The summed E-state index contributed by atoms with van der Waals surface area (Å²) in [6.07, 6.45) is 3.16. The van der Waals surface area contributed by atoms with E-state index in [4.69, 9.17) is 10.0 Å². The number of oxime groups is 1. The number of nitrogens with zero attached hydrogens (tertiary/aromatic N) is 2. The molecule has 0 unspecified atom stereocenters. The highest BCUT2D eigenvalue weighted by Gasteiger charge is 2.05. The lowest BCUT2D eigenvalue weighted by Gasteiger charge is -1.99. The van der Waals surface area contributed by atoms with Crippen LogP contribution in [0.3, 0.4) is 0 Å². The summed E-state index contributed by atoms with van der Waals surface area (Å²) in [6.45, 7) is 0. The summed E-state index contributed by atoms with van der Waals surface area (Å²) in [5.41, 5.74) is 1.77. The number of fused-ring (bicyclic) bond motifs is 1. The van der Waals surface area contributed by atoms with Gasteiger partial charge in [0.2, 0.25) is 0 Å². The highest BCUT2D eigenvalue weighted by molar-refractivity contribution is 5.99. The highest BCUT2D eigenvalue weighted by atomic mass is 16.6. The third-order valence-corrected chi connectivity index (χ3v) is 2.10. The second kappa shape index (κ2) is 3.41. The molecule has 2 aromatic rings. The molecule has 4 heteroatoms. The fraction of sp³-hybridized carbons (Fsp3) is 0.100. The summed E-state index contributed by atoms with van der Waals surface area (Å²) in [5.74, 6) is 0. The molecule has 0 saturated carbocycles. The molecule has 1 aromatic carbocycles. The molecule has 72 valence electrons. The van der Waals surface area contributed by atoms with Gasteiger partial charge >= 0.3 is 0 Å². The van der Waals surface area contributed by atoms with Crippen LogP contribution in [0, 0.1) is 0 Å². The molecule has 0 spiro atoms. The Balaban J connectivity index is 2.73. The molecule has 0 saturated heterocycles. The number of aromatic nitrogens is 1. The Morgan fingerprint density at radius 3 is 2.93 bits per heavy atom. The second-order valence-electron chi connectivity index (χ2n) is 2.85. The monoisotopic (exact) mass is 190 g/mol. The molecule has 0 radical (unpaired) electrons. The van der Waals surface area contributed by atoms with Gasteiger partial charge < -0.3 is 10.0 Å². The van der Waals surface area contributed by atoms with Crippen LogP contribution in [-0.2, 0) is 0 Å². The van der Waals surface area contributed by atoms with Crippen molar-refractivity contribution >= 4 is 17.1 Å². The van der Waals surface area contributed by atoms with E-state index in [1.54, 1.807) is 18.0 Å². The standard InChI is InChI=1S/C10H10N2O2/c1-14-12-7-8(6-11-13)9-4-2-3-5-10(9)12/h2-7,13H,1H3. The van der Waals surface area contributed by atoms with Gasteiger partial charge in [-0.2, -0.15) is 4.73 Å². The number of benzene rings is 1. The van der Waals surface area contributed by atoms with Crippen LogP contribution >= 0.6 is 0 Å². The van der Waals surface area contributed by atoms with Crippen LogP contribution in [0.1, 0.15) is 5.56 Å². The zero-order valence-electron chi connectivity index (χ0n) is 7.71. The van der Waals surface area contributed by atoms with Gasteiger partial charge in [-0.05, 0) is 6.07 Å². The molecule has 1 N–H and O–H groups in total. The average Bonchev–Trinajstić information content (AvgIpc) is 2.58. The first kappa shape index (κ1) is 8.62. The maximum atomic E-state index is 8.48. The summed E-state index contributed by atoms with van der Waals surface area (Å²) in [6, 6.07) is 7.74. The smallest absolute Gasteiger partial charge is 0.104 e. The molecule has 0 aliphatic carbocycles. The zero-order valence-corrected chi connectivity index (χ0v) is 7.71. The van der Waals surface area contributed by atoms with Crippen molar-refractivity contribution < 1.29 is 10.0 Å². The summed E-state index contributed by atoms with van der Waals surface area (Å²) in [7, 11) is 1.59. The summed E-state index contributed by atoms with van der Waals surface area (Å²) >= 11 is 0. The van der Waals surface area contributed by atoms with Gasteiger partial charge in [-0.25, -0.2) is 0 Å². The number of rotatable bonds is 2. The minimum absolute atomic E-state index is 0.824. The minimum Gasteiger partial charge on any atom is -0.417 e. The van der Waals surface area contributed by atoms with E-state index in [9.17, 15) is 0 Å². The first-order chi connectivity index (χ1) is 6.86. The SMILES string of the molecule is COn1cc(C=NO)c2ccccc21. The highest BCUT2D eigenvalue weighted by Crippen LogP contribution is 2.18. The predicted octanol–water partition coefficient (Wildman–Crippen LogP) is 1.51. The molecule has 2 rings (SSSR count). The van der Waals surface area contributed by atoms with Gasteiger partial charge in [-0.1, -0.05) is 23.4 Å². The predicted molar refractivity (Wildman–Crippen MR) is 53.8 cm³/mol. The second-order valence-corrected chi connectivity index (χ2v) is 2.85. The van der Waals surface area contributed by atoms with Crippen LogP contribution < -0.4 is 4.84 Å². The molecular formula is C10H10N2O2. The van der Waals surface area contributed by atoms with Gasteiger partial charge in [0.15, 0.2) is 0 Å². The molecule has 0 aliphatic heterocycles. The number of hydrogen-bond acceptors (Lipinski definition) is 3. The number of hydrogen-bond donors (Lipinski definition) is 1. The van der Waals surface area contributed by atoms with E-state index >= 15 is 0 Å². The van der Waals surface area contributed by atoms with Crippen LogP contribution in [-0.4, -0.2) is 23.3 Å².